The third-order valence-electron chi connectivity index (χ3n) is 6.09. The summed E-state index contributed by atoms with van der Waals surface area (Å²) >= 11 is 0. The van der Waals surface area contributed by atoms with Gasteiger partial charge in [-0.2, -0.15) is 0 Å². The number of hydrogen-bond donors (Lipinski definition) is 2. The van der Waals surface area contributed by atoms with Crippen molar-refractivity contribution in [3.05, 3.63) is 29.6 Å². The van der Waals surface area contributed by atoms with Crippen LogP contribution in [0.5, 0.6) is 11.5 Å². The van der Waals surface area contributed by atoms with Gasteiger partial charge in [-0.3, -0.25) is 0 Å². The first-order valence-corrected chi connectivity index (χ1v) is 10.1. The quantitative estimate of drug-likeness (QED) is 0.657. The highest BCUT2D eigenvalue weighted by Crippen LogP contribution is 2.32. The molecule has 2 aromatic rings. The molecule has 2 heterocycles. The van der Waals surface area contributed by atoms with Crippen molar-refractivity contribution in [1.29, 1.82) is 0 Å². The van der Waals surface area contributed by atoms with Crippen LogP contribution in [0.3, 0.4) is 0 Å². The molecule has 28 heavy (non-hydrogen) atoms. The van der Waals surface area contributed by atoms with Gasteiger partial charge < -0.3 is 19.3 Å². The van der Waals surface area contributed by atoms with Gasteiger partial charge >= 0.3 is 0 Å². The first-order valence-electron chi connectivity index (χ1n) is 10.1. The fourth-order valence-corrected chi connectivity index (χ4v) is 3.84. The average Bonchev–Trinajstić information content (AvgIpc) is 3.19. The Morgan fingerprint density at radius 1 is 1.11 bits per heavy atom. The Hall–Kier alpha value is -2.19. The highest BCUT2D eigenvalue weighted by atomic mass is 16.5. The molecule has 1 aromatic heterocycles. The lowest BCUT2D eigenvalue weighted by Crippen LogP contribution is -3.27. The second kappa shape index (κ2) is 8.45. The fourth-order valence-electron chi connectivity index (χ4n) is 3.84. The lowest BCUT2D eigenvalue weighted by molar-refractivity contribution is -1.02. The predicted molar refractivity (Wildman–Crippen MR) is 106 cm³/mol. The van der Waals surface area contributed by atoms with Gasteiger partial charge in [-0.25, -0.2) is 4.68 Å². The summed E-state index contributed by atoms with van der Waals surface area (Å²) in [4.78, 5) is 3.06. The molecular formula is C20H34N6O2+2. The van der Waals surface area contributed by atoms with E-state index < -0.39 is 0 Å². The van der Waals surface area contributed by atoms with Gasteiger partial charge in [0.2, 0.25) is 5.82 Å². The van der Waals surface area contributed by atoms with Crippen molar-refractivity contribution in [1.82, 2.24) is 20.2 Å². The van der Waals surface area contributed by atoms with Crippen molar-refractivity contribution in [2.45, 2.75) is 38.8 Å². The second-order valence-electron chi connectivity index (χ2n) is 8.28. The van der Waals surface area contributed by atoms with Crippen LogP contribution in [0.25, 0.3) is 0 Å². The number of methoxy groups -OCH3 is 2. The van der Waals surface area contributed by atoms with Crippen LogP contribution in [-0.2, 0) is 5.54 Å². The Morgan fingerprint density at radius 2 is 1.79 bits per heavy atom. The molecule has 0 radical (unpaired) electrons. The minimum Gasteiger partial charge on any atom is -0.493 e. The number of aromatic nitrogens is 4. The molecule has 8 nitrogen and oxygen atoms in total. The van der Waals surface area contributed by atoms with Gasteiger partial charge in [-0.15, -0.1) is 5.10 Å². The largest absolute Gasteiger partial charge is 0.493 e. The second-order valence-corrected chi connectivity index (χ2v) is 8.28. The molecule has 3 rings (SSSR count). The monoisotopic (exact) mass is 390 g/mol. The highest BCUT2D eigenvalue weighted by molar-refractivity contribution is 5.44. The Balaban J connectivity index is 2.08. The van der Waals surface area contributed by atoms with Gasteiger partial charge in [0.25, 0.3) is 0 Å². The molecule has 2 N–H and O–H groups in total. The maximum absolute atomic E-state index is 5.57. The van der Waals surface area contributed by atoms with E-state index in [1.165, 1.54) is 4.90 Å². The van der Waals surface area contributed by atoms with Crippen LogP contribution in [0.4, 0.5) is 0 Å². The van der Waals surface area contributed by atoms with Gasteiger partial charge in [-0.05, 0) is 48.9 Å². The van der Waals surface area contributed by atoms with Crippen molar-refractivity contribution < 1.29 is 19.3 Å². The summed E-state index contributed by atoms with van der Waals surface area (Å²) in [6.07, 6.45) is 0.950. The zero-order chi connectivity index (χ0) is 20.3. The number of piperazine rings is 1. The van der Waals surface area contributed by atoms with E-state index in [4.69, 9.17) is 9.47 Å². The zero-order valence-electron chi connectivity index (χ0n) is 18.0. The Labute approximate surface area is 167 Å². The van der Waals surface area contributed by atoms with Gasteiger partial charge in [0.1, 0.15) is 26.2 Å². The van der Waals surface area contributed by atoms with E-state index in [-0.39, 0.29) is 11.6 Å². The minimum atomic E-state index is -0.148. The van der Waals surface area contributed by atoms with Crippen LogP contribution >= 0.6 is 0 Å². The van der Waals surface area contributed by atoms with E-state index in [1.807, 2.05) is 10.7 Å². The molecule has 1 fully saturated rings. The number of likely N-dealkylation sites (N-methyl/N-ethyl adjacent to an activating group) is 1. The summed E-state index contributed by atoms with van der Waals surface area (Å²) in [6, 6.07) is 6.21. The zero-order valence-corrected chi connectivity index (χ0v) is 18.0. The van der Waals surface area contributed by atoms with Gasteiger partial charge in [0.15, 0.2) is 17.5 Å². The average molecular weight is 391 g/mol. The smallest absolute Gasteiger partial charge is 0.214 e. The lowest BCUT2D eigenvalue weighted by atomic mass is 9.98. The molecule has 0 aliphatic carbocycles. The topological polar surface area (TPSA) is 70.9 Å². The number of nitrogens with one attached hydrogen (secondary N) is 2. The first kappa shape index (κ1) is 20.5. The molecule has 8 heteroatoms. The fraction of sp³-hybridized carbons (Fsp3) is 0.650. The van der Waals surface area contributed by atoms with E-state index in [2.05, 4.69) is 55.5 Å². The SMILES string of the molecule is CCC(C)(C)n1nnnc1[C@@H](c1ccc(OC)c(OC)c1)[NH+]1CC[NH+](C)CC1. The number of benzene rings is 1. The number of rotatable bonds is 7. The molecule has 1 aliphatic heterocycles. The van der Waals surface area contributed by atoms with Crippen LogP contribution in [0.15, 0.2) is 18.2 Å². The molecular weight excluding hydrogens is 356 g/mol. The van der Waals surface area contributed by atoms with Crippen LogP contribution in [-0.4, -0.2) is 67.7 Å². The molecule has 0 unspecified atom stereocenters. The number of nitrogens with zero attached hydrogens (tertiary/aromatic N) is 4. The van der Waals surface area contributed by atoms with E-state index in [9.17, 15) is 0 Å². The number of ether oxygens (including phenoxy) is 2. The van der Waals surface area contributed by atoms with Crippen molar-refractivity contribution in [3.8, 4) is 11.5 Å². The van der Waals surface area contributed by atoms with E-state index in [0.29, 0.717) is 0 Å². The first-order chi connectivity index (χ1) is 13.4. The molecule has 0 bridgehead atoms. The molecule has 0 spiro atoms. The number of quaternary nitrogens is 2. The highest BCUT2D eigenvalue weighted by Gasteiger charge is 2.37. The van der Waals surface area contributed by atoms with Crippen LogP contribution in [0.2, 0.25) is 0 Å². The Morgan fingerprint density at radius 3 is 2.39 bits per heavy atom. The summed E-state index contributed by atoms with van der Waals surface area (Å²) in [6.45, 7) is 11.0. The maximum atomic E-state index is 5.57. The molecule has 1 atom stereocenters. The van der Waals surface area contributed by atoms with Crippen LogP contribution in [0, 0.1) is 0 Å². The molecule has 0 saturated carbocycles. The maximum Gasteiger partial charge on any atom is 0.214 e. The minimum absolute atomic E-state index is 0.0498. The molecule has 1 saturated heterocycles. The molecule has 1 aliphatic rings. The third-order valence-corrected chi connectivity index (χ3v) is 6.09. The van der Waals surface area contributed by atoms with Gasteiger partial charge in [0.05, 0.1) is 26.8 Å². The van der Waals surface area contributed by atoms with E-state index in [0.717, 1.165) is 55.5 Å². The summed E-state index contributed by atoms with van der Waals surface area (Å²) in [5.41, 5.74) is 1.00. The molecule has 154 valence electrons. The number of hydrogen-bond acceptors (Lipinski definition) is 5. The summed E-state index contributed by atoms with van der Waals surface area (Å²) < 4.78 is 13.0. The van der Waals surface area contributed by atoms with E-state index in [1.54, 1.807) is 19.1 Å². The van der Waals surface area contributed by atoms with Gasteiger partial charge in [0, 0.05) is 5.56 Å². The number of tetrazole rings is 1. The van der Waals surface area contributed by atoms with E-state index >= 15 is 0 Å². The summed E-state index contributed by atoms with van der Waals surface area (Å²) in [5, 5.41) is 12.9. The normalized spacial score (nSPS) is 21.4. The Bertz CT molecular complexity index is 783. The predicted octanol–water partition coefficient (Wildman–Crippen LogP) is -0.662. The van der Waals surface area contributed by atoms with Gasteiger partial charge in [-0.1, -0.05) is 6.92 Å². The van der Waals surface area contributed by atoms with Crippen LogP contribution in [0.1, 0.15) is 44.6 Å². The molecule has 1 aromatic carbocycles. The Kier molecular flexibility index (Phi) is 6.20. The third kappa shape index (κ3) is 3.98. The summed E-state index contributed by atoms with van der Waals surface area (Å²) in [5.74, 6) is 2.38. The van der Waals surface area contributed by atoms with Crippen molar-refractivity contribution in [3.63, 3.8) is 0 Å². The van der Waals surface area contributed by atoms with Crippen LogP contribution < -0.4 is 19.3 Å². The lowest BCUT2D eigenvalue weighted by Gasteiger charge is -2.34. The van der Waals surface area contributed by atoms with Crippen molar-refractivity contribution >= 4 is 0 Å². The molecule has 0 amide bonds. The summed E-state index contributed by atoms with van der Waals surface area (Å²) in [7, 11) is 5.59. The van der Waals surface area contributed by atoms with Crippen molar-refractivity contribution in [2.24, 2.45) is 0 Å². The van der Waals surface area contributed by atoms with Crippen molar-refractivity contribution in [2.75, 3.05) is 47.4 Å². The standard InChI is InChI=1S/C20H32N6O2/c1-7-20(2,3)26-19(21-22-23-26)18(25-12-10-24(4)11-13-25)15-8-9-16(27-5)17(14-15)28-6/h8-9,14,18H,7,10-13H2,1-6H3/p+2/t18-/m1/s1.